The van der Waals surface area contributed by atoms with Crippen LogP contribution in [0.25, 0.3) is 0 Å². The van der Waals surface area contributed by atoms with Crippen LogP contribution in [0.1, 0.15) is 16.8 Å². The molecule has 1 N–H and O–H groups in total. The molecule has 130 valence electrons. The Balaban J connectivity index is 2.52. The molecule has 0 aliphatic carbocycles. The molecule has 1 aromatic carbocycles. The zero-order chi connectivity index (χ0) is 17.5. The van der Waals surface area contributed by atoms with Gasteiger partial charge in [0.05, 0.1) is 11.8 Å². The Morgan fingerprint density at radius 2 is 1.83 bits per heavy atom. The van der Waals surface area contributed by atoms with Gasteiger partial charge in [0.15, 0.2) is 0 Å². The molecule has 23 heavy (non-hydrogen) atoms. The minimum absolute atomic E-state index is 0.0500. The molecule has 0 saturated heterocycles. The molecule has 1 aromatic rings. The normalized spacial score (nSPS) is 11.9. The van der Waals surface area contributed by atoms with E-state index in [1.165, 1.54) is 22.5 Å². The van der Waals surface area contributed by atoms with Crippen molar-refractivity contribution in [2.24, 2.45) is 0 Å². The number of halogens is 1. The quantitative estimate of drug-likeness (QED) is 0.718. The van der Waals surface area contributed by atoms with E-state index >= 15 is 0 Å². The van der Waals surface area contributed by atoms with Gasteiger partial charge in [0.2, 0.25) is 10.0 Å². The molecule has 1 rings (SSSR count). The predicted molar refractivity (Wildman–Crippen MR) is 88.3 cm³/mol. The molecule has 0 radical (unpaired) electrons. The van der Waals surface area contributed by atoms with Crippen LogP contribution in [0.15, 0.2) is 24.3 Å². The summed E-state index contributed by atoms with van der Waals surface area (Å²) in [5, 5.41) is 2.55. The van der Waals surface area contributed by atoms with E-state index in [4.69, 9.17) is 0 Å². The zero-order valence-electron chi connectivity index (χ0n) is 13.8. The molecule has 0 atom stereocenters. The van der Waals surface area contributed by atoms with Crippen LogP contribution in [0.5, 0.6) is 0 Å². The number of rotatable bonds is 9. The van der Waals surface area contributed by atoms with Crippen LogP contribution in [0.4, 0.5) is 4.39 Å². The number of hydrogen-bond acceptors (Lipinski definition) is 4. The first-order valence-corrected chi connectivity index (χ1v) is 9.19. The van der Waals surface area contributed by atoms with Crippen LogP contribution in [-0.2, 0) is 10.0 Å². The van der Waals surface area contributed by atoms with Crippen molar-refractivity contribution >= 4 is 15.9 Å². The van der Waals surface area contributed by atoms with Crippen LogP contribution in [-0.4, -0.2) is 70.1 Å². The SMILES string of the molecule is CN(C)CCCN(CCNC(=O)c1ccccc1F)S(C)(=O)=O. The monoisotopic (exact) mass is 345 g/mol. The molecule has 0 saturated carbocycles. The highest BCUT2D eigenvalue weighted by molar-refractivity contribution is 7.88. The van der Waals surface area contributed by atoms with Crippen molar-refractivity contribution in [3.05, 3.63) is 35.6 Å². The lowest BCUT2D eigenvalue weighted by molar-refractivity contribution is 0.0947. The van der Waals surface area contributed by atoms with Gasteiger partial charge < -0.3 is 10.2 Å². The summed E-state index contributed by atoms with van der Waals surface area (Å²) in [5.74, 6) is -1.15. The molecule has 0 unspecified atom stereocenters. The van der Waals surface area contributed by atoms with E-state index in [-0.39, 0.29) is 18.7 Å². The highest BCUT2D eigenvalue weighted by atomic mass is 32.2. The second-order valence-electron chi connectivity index (χ2n) is 5.55. The van der Waals surface area contributed by atoms with Gasteiger partial charge in [-0.1, -0.05) is 12.1 Å². The maximum absolute atomic E-state index is 13.5. The highest BCUT2D eigenvalue weighted by Gasteiger charge is 2.17. The summed E-state index contributed by atoms with van der Waals surface area (Å²) >= 11 is 0. The lowest BCUT2D eigenvalue weighted by Crippen LogP contribution is -2.39. The molecular formula is C15H24FN3O3S. The van der Waals surface area contributed by atoms with Gasteiger partial charge in [-0.15, -0.1) is 0 Å². The molecule has 0 aliphatic heterocycles. The highest BCUT2D eigenvalue weighted by Crippen LogP contribution is 2.06. The molecule has 0 aliphatic rings. The van der Waals surface area contributed by atoms with Gasteiger partial charge in [0.25, 0.3) is 5.91 Å². The Hall–Kier alpha value is -1.51. The third kappa shape index (κ3) is 7.06. The number of carbonyl (C=O) groups is 1. The minimum atomic E-state index is -3.34. The fourth-order valence-corrected chi connectivity index (χ4v) is 2.93. The average Bonchev–Trinajstić information content (AvgIpc) is 2.44. The van der Waals surface area contributed by atoms with Gasteiger partial charge in [0.1, 0.15) is 5.82 Å². The summed E-state index contributed by atoms with van der Waals surface area (Å²) in [7, 11) is 0.488. The van der Waals surface area contributed by atoms with Crippen molar-refractivity contribution in [3.8, 4) is 0 Å². The van der Waals surface area contributed by atoms with Crippen LogP contribution in [0.3, 0.4) is 0 Å². The van der Waals surface area contributed by atoms with E-state index in [9.17, 15) is 17.6 Å². The first-order valence-electron chi connectivity index (χ1n) is 7.34. The fraction of sp³-hybridized carbons (Fsp3) is 0.533. The number of nitrogens with one attached hydrogen (secondary N) is 1. The standard InChI is InChI=1S/C15H24FN3O3S/c1-18(2)10-6-11-19(23(3,21)22)12-9-17-15(20)13-7-4-5-8-14(13)16/h4-5,7-8H,6,9-12H2,1-3H3,(H,17,20). The maximum atomic E-state index is 13.5. The van der Waals surface area contributed by atoms with Crippen molar-refractivity contribution in [1.29, 1.82) is 0 Å². The number of benzene rings is 1. The molecule has 0 heterocycles. The second-order valence-corrected chi connectivity index (χ2v) is 7.54. The molecule has 0 spiro atoms. The summed E-state index contributed by atoms with van der Waals surface area (Å²) in [5.41, 5.74) is -0.0500. The van der Waals surface area contributed by atoms with Crippen molar-refractivity contribution in [1.82, 2.24) is 14.5 Å². The topological polar surface area (TPSA) is 69.7 Å². The van der Waals surface area contributed by atoms with Crippen molar-refractivity contribution < 1.29 is 17.6 Å². The number of carbonyl (C=O) groups excluding carboxylic acids is 1. The van der Waals surface area contributed by atoms with E-state index < -0.39 is 21.7 Å². The van der Waals surface area contributed by atoms with Gasteiger partial charge in [-0.3, -0.25) is 4.79 Å². The fourth-order valence-electron chi connectivity index (χ4n) is 2.04. The first-order chi connectivity index (χ1) is 10.7. The van der Waals surface area contributed by atoms with E-state index in [1.807, 2.05) is 19.0 Å². The van der Waals surface area contributed by atoms with Gasteiger partial charge >= 0.3 is 0 Å². The number of hydrogen-bond donors (Lipinski definition) is 1. The summed E-state index contributed by atoms with van der Waals surface area (Å²) in [4.78, 5) is 13.8. The molecule has 6 nitrogen and oxygen atoms in total. The molecule has 8 heteroatoms. The minimum Gasteiger partial charge on any atom is -0.351 e. The van der Waals surface area contributed by atoms with Crippen LogP contribution < -0.4 is 5.32 Å². The van der Waals surface area contributed by atoms with Crippen LogP contribution >= 0.6 is 0 Å². The Kier molecular flexibility index (Phi) is 7.60. The Bertz CT molecular complexity index is 620. The van der Waals surface area contributed by atoms with Crippen molar-refractivity contribution in [2.75, 3.05) is 46.5 Å². The van der Waals surface area contributed by atoms with Crippen molar-refractivity contribution in [2.45, 2.75) is 6.42 Å². The van der Waals surface area contributed by atoms with E-state index in [0.717, 1.165) is 12.8 Å². The van der Waals surface area contributed by atoms with E-state index in [1.54, 1.807) is 6.07 Å². The third-order valence-electron chi connectivity index (χ3n) is 3.25. The molecular weight excluding hydrogens is 321 g/mol. The van der Waals surface area contributed by atoms with Gasteiger partial charge in [-0.25, -0.2) is 17.1 Å². The van der Waals surface area contributed by atoms with Crippen LogP contribution in [0, 0.1) is 5.82 Å². The Labute approximate surface area is 137 Å². The lowest BCUT2D eigenvalue weighted by atomic mass is 10.2. The maximum Gasteiger partial charge on any atom is 0.254 e. The zero-order valence-corrected chi connectivity index (χ0v) is 14.6. The summed E-state index contributed by atoms with van der Waals surface area (Å²) in [6, 6.07) is 5.67. The largest absolute Gasteiger partial charge is 0.351 e. The number of nitrogens with zero attached hydrogens (tertiary/aromatic N) is 2. The number of amides is 1. The third-order valence-corrected chi connectivity index (χ3v) is 4.55. The summed E-state index contributed by atoms with van der Waals surface area (Å²) in [6.45, 7) is 1.44. The van der Waals surface area contributed by atoms with Crippen molar-refractivity contribution in [3.63, 3.8) is 0 Å². The molecule has 0 bridgehead atoms. The van der Waals surface area contributed by atoms with E-state index in [0.29, 0.717) is 13.0 Å². The number of sulfonamides is 1. The Morgan fingerprint density at radius 1 is 1.17 bits per heavy atom. The van der Waals surface area contributed by atoms with E-state index in [2.05, 4.69) is 5.32 Å². The molecule has 1 amide bonds. The lowest BCUT2D eigenvalue weighted by Gasteiger charge is -2.21. The first kappa shape index (κ1) is 19.5. The smallest absolute Gasteiger partial charge is 0.254 e. The van der Waals surface area contributed by atoms with Gasteiger partial charge in [-0.2, -0.15) is 0 Å². The van der Waals surface area contributed by atoms with Crippen LogP contribution in [0.2, 0.25) is 0 Å². The predicted octanol–water partition coefficient (Wildman–Crippen LogP) is 0.769. The summed E-state index contributed by atoms with van der Waals surface area (Å²) < 4.78 is 38.3. The molecule has 0 fully saturated rings. The summed E-state index contributed by atoms with van der Waals surface area (Å²) in [6.07, 6.45) is 1.84. The Morgan fingerprint density at radius 3 is 2.39 bits per heavy atom. The molecule has 0 aromatic heterocycles. The van der Waals surface area contributed by atoms with Gasteiger partial charge in [0, 0.05) is 19.6 Å². The average molecular weight is 345 g/mol. The second kappa shape index (κ2) is 8.95. The van der Waals surface area contributed by atoms with Gasteiger partial charge in [-0.05, 0) is 39.2 Å².